The van der Waals surface area contributed by atoms with Crippen LogP contribution in [0.4, 0.5) is 0 Å². The highest BCUT2D eigenvalue weighted by molar-refractivity contribution is 5.26. The zero-order valence-corrected chi connectivity index (χ0v) is 9.27. The lowest BCUT2D eigenvalue weighted by molar-refractivity contribution is 0.187. The van der Waals surface area contributed by atoms with Crippen molar-refractivity contribution in [3.63, 3.8) is 0 Å². The largest absolute Gasteiger partial charge is 0.508 e. The van der Waals surface area contributed by atoms with E-state index in [0.717, 1.165) is 6.42 Å². The van der Waals surface area contributed by atoms with Crippen LogP contribution < -0.4 is 5.32 Å². The highest BCUT2D eigenvalue weighted by Crippen LogP contribution is 2.11. The first-order valence-corrected chi connectivity index (χ1v) is 5.27. The van der Waals surface area contributed by atoms with E-state index in [1.54, 1.807) is 19.1 Å². The molecule has 1 aromatic carbocycles. The summed E-state index contributed by atoms with van der Waals surface area (Å²) in [7, 11) is 0. The summed E-state index contributed by atoms with van der Waals surface area (Å²) in [6, 6.07) is 7.53. The van der Waals surface area contributed by atoms with Crippen molar-refractivity contribution in [1.29, 1.82) is 0 Å². The Morgan fingerprint density at radius 2 is 1.80 bits per heavy atom. The quantitative estimate of drug-likeness (QED) is 0.685. The fraction of sp³-hybridized carbons (Fsp3) is 0.500. The van der Waals surface area contributed by atoms with Gasteiger partial charge in [-0.15, -0.1) is 0 Å². The molecule has 0 saturated heterocycles. The Morgan fingerprint density at radius 3 is 2.33 bits per heavy atom. The standard InChI is InChI=1S/C12H19NO2/c1-9(13-8-10(2)14)7-11-3-5-12(15)6-4-11/h3-6,9-10,13-15H,7-8H2,1-2H3. The Kier molecular flexibility index (Phi) is 4.59. The van der Waals surface area contributed by atoms with Crippen LogP contribution in [0.1, 0.15) is 19.4 Å². The van der Waals surface area contributed by atoms with Crippen molar-refractivity contribution in [2.45, 2.75) is 32.4 Å². The SMILES string of the molecule is CC(O)CNC(C)Cc1ccc(O)cc1. The Bertz CT molecular complexity index is 282. The van der Waals surface area contributed by atoms with E-state index in [1.165, 1.54) is 5.56 Å². The normalized spacial score (nSPS) is 14.9. The van der Waals surface area contributed by atoms with Crippen molar-refractivity contribution >= 4 is 0 Å². The summed E-state index contributed by atoms with van der Waals surface area (Å²) < 4.78 is 0. The van der Waals surface area contributed by atoms with Crippen molar-refractivity contribution < 1.29 is 10.2 Å². The van der Waals surface area contributed by atoms with Gasteiger partial charge in [0.2, 0.25) is 0 Å². The smallest absolute Gasteiger partial charge is 0.115 e. The van der Waals surface area contributed by atoms with Gasteiger partial charge in [-0.05, 0) is 38.0 Å². The van der Waals surface area contributed by atoms with E-state index in [4.69, 9.17) is 10.2 Å². The van der Waals surface area contributed by atoms with Gasteiger partial charge in [0.25, 0.3) is 0 Å². The molecule has 0 heterocycles. The molecule has 2 unspecified atom stereocenters. The van der Waals surface area contributed by atoms with Crippen molar-refractivity contribution in [3.8, 4) is 5.75 Å². The molecule has 3 nitrogen and oxygen atoms in total. The molecule has 2 atom stereocenters. The number of aliphatic hydroxyl groups excluding tert-OH is 1. The Morgan fingerprint density at radius 1 is 1.20 bits per heavy atom. The lowest BCUT2D eigenvalue weighted by Gasteiger charge is -2.15. The van der Waals surface area contributed by atoms with E-state index in [0.29, 0.717) is 18.3 Å². The first-order chi connectivity index (χ1) is 7.08. The predicted octanol–water partition coefficient (Wildman–Crippen LogP) is 1.29. The first kappa shape index (κ1) is 12.0. The highest BCUT2D eigenvalue weighted by Gasteiger charge is 2.04. The second-order valence-electron chi connectivity index (χ2n) is 4.03. The third kappa shape index (κ3) is 4.81. The van der Waals surface area contributed by atoms with Gasteiger partial charge in [0, 0.05) is 12.6 Å². The number of hydrogen-bond acceptors (Lipinski definition) is 3. The number of rotatable bonds is 5. The molecule has 0 aliphatic carbocycles. The Balaban J connectivity index is 2.37. The van der Waals surface area contributed by atoms with Gasteiger partial charge in [0.1, 0.15) is 5.75 Å². The van der Waals surface area contributed by atoms with Crippen molar-refractivity contribution in [2.75, 3.05) is 6.54 Å². The molecule has 0 radical (unpaired) electrons. The summed E-state index contributed by atoms with van der Waals surface area (Å²) in [5.74, 6) is 0.295. The van der Waals surface area contributed by atoms with Crippen LogP contribution in [0.5, 0.6) is 5.75 Å². The number of phenolic OH excluding ortho intramolecular Hbond substituents is 1. The van der Waals surface area contributed by atoms with Crippen molar-refractivity contribution in [1.82, 2.24) is 5.32 Å². The maximum absolute atomic E-state index is 9.12. The molecule has 3 heteroatoms. The molecule has 0 spiro atoms. The molecule has 84 valence electrons. The maximum atomic E-state index is 9.12. The van der Waals surface area contributed by atoms with Crippen molar-refractivity contribution in [2.24, 2.45) is 0 Å². The van der Waals surface area contributed by atoms with Gasteiger partial charge in [-0.3, -0.25) is 0 Å². The molecule has 1 rings (SSSR count). The minimum absolute atomic E-state index is 0.295. The zero-order chi connectivity index (χ0) is 11.3. The molecular weight excluding hydrogens is 190 g/mol. The topological polar surface area (TPSA) is 52.5 Å². The summed E-state index contributed by atoms with van der Waals surface area (Å²) in [5, 5.41) is 21.5. The van der Waals surface area contributed by atoms with Gasteiger partial charge in [0.05, 0.1) is 6.10 Å². The minimum Gasteiger partial charge on any atom is -0.508 e. The number of benzene rings is 1. The molecule has 0 aliphatic heterocycles. The number of nitrogens with one attached hydrogen (secondary N) is 1. The van der Waals surface area contributed by atoms with Gasteiger partial charge in [-0.25, -0.2) is 0 Å². The average Bonchev–Trinajstić information content (AvgIpc) is 2.19. The highest BCUT2D eigenvalue weighted by atomic mass is 16.3. The van der Waals surface area contributed by atoms with Crippen molar-refractivity contribution in [3.05, 3.63) is 29.8 Å². The maximum Gasteiger partial charge on any atom is 0.115 e. The third-order valence-electron chi connectivity index (χ3n) is 2.24. The molecule has 0 aliphatic rings. The fourth-order valence-corrected chi connectivity index (χ4v) is 1.43. The lowest BCUT2D eigenvalue weighted by atomic mass is 10.1. The predicted molar refractivity (Wildman–Crippen MR) is 61.0 cm³/mol. The van der Waals surface area contributed by atoms with Crippen LogP contribution in [-0.4, -0.2) is 28.9 Å². The first-order valence-electron chi connectivity index (χ1n) is 5.27. The Labute approximate surface area is 90.8 Å². The van der Waals surface area contributed by atoms with Crippen LogP contribution >= 0.6 is 0 Å². The van der Waals surface area contributed by atoms with Crippen LogP contribution in [0.25, 0.3) is 0 Å². The average molecular weight is 209 g/mol. The molecule has 0 fully saturated rings. The second kappa shape index (κ2) is 5.73. The van der Waals surface area contributed by atoms with Gasteiger partial charge in [-0.2, -0.15) is 0 Å². The van der Waals surface area contributed by atoms with Gasteiger partial charge < -0.3 is 15.5 Å². The van der Waals surface area contributed by atoms with E-state index in [9.17, 15) is 0 Å². The molecule has 0 saturated carbocycles. The summed E-state index contributed by atoms with van der Waals surface area (Å²) in [6.45, 7) is 4.45. The van der Waals surface area contributed by atoms with Crippen LogP contribution in [0.3, 0.4) is 0 Å². The monoisotopic (exact) mass is 209 g/mol. The molecule has 0 bridgehead atoms. The van der Waals surface area contributed by atoms with Gasteiger partial charge in [0.15, 0.2) is 0 Å². The summed E-state index contributed by atoms with van der Waals surface area (Å²) in [6.07, 6.45) is 0.583. The lowest BCUT2D eigenvalue weighted by Crippen LogP contribution is -2.33. The molecule has 0 amide bonds. The van der Waals surface area contributed by atoms with Crippen LogP contribution in [0.15, 0.2) is 24.3 Å². The van der Waals surface area contributed by atoms with Crippen LogP contribution in [0.2, 0.25) is 0 Å². The van der Waals surface area contributed by atoms with E-state index < -0.39 is 0 Å². The number of aromatic hydroxyl groups is 1. The minimum atomic E-state index is -0.313. The van der Waals surface area contributed by atoms with Gasteiger partial charge in [-0.1, -0.05) is 12.1 Å². The van der Waals surface area contributed by atoms with Gasteiger partial charge >= 0.3 is 0 Å². The number of aliphatic hydroxyl groups is 1. The van der Waals surface area contributed by atoms with Crippen LogP contribution in [-0.2, 0) is 6.42 Å². The zero-order valence-electron chi connectivity index (χ0n) is 9.27. The van der Waals surface area contributed by atoms with E-state index >= 15 is 0 Å². The molecular formula is C12H19NO2. The van der Waals surface area contributed by atoms with E-state index in [2.05, 4.69) is 12.2 Å². The van der Waals surface area contributed by atoms with Crippen LogP contribution in [0, 0.1) is 0 Å². The number of hydrogen-bond donors (Lipinski definition) is 3. The van der Waals surface area contributed by atoms with E-state index in [-0.39, 0.29) is 6.10 Å². The number of phenols is 1. The fourth-order valence-electron chi connectivity index (χ4n) is 1.43. The summed E-state index contributed by atoms with van der Waals surface area (Å²) in [5.41, 5.74) is 1.18. The molecule has 1 aromatic rings. The third-order valence-corrected chi connectivity index (χ3v) is 2.24. The summed E-state index contributed by atoms with van der Waals surface area (Å²) in [4.78, 5) is 0. The summed E-state index contributed by atoms with van der Waals surface area (Å²) >= 11 is 0. The Hall–Kier alpha value is -1.06. The second-order valence-corrected chi connectivity index (χ2v) is 4.03. The van der Waals surface area contributed by atoms with E-state index in [1.807, 2.05) is 12.1 Å². The molecule has 15 heavy (non-hydrogen) atoms. The molecule has 3 N–H and O–H groups in total. The molecule has 0 aromatic heterocycles.